The van der Waals surface area contributed by atoms with Crippen molar-refractivity contribution in [3.8, 4) is 0 Å². The van der Waals surface area contributed by atoms with E-state index in [0.717, 1.165) is 5.56 Å². The highest BCUT2D eigenvalue weighted by molar-refractivity contribution is 5.14. The Morgan fingerprint density at radius 3 is 3.00 bits per heavy atom. The van der Waals surface area contributed by atoms with Gasteiger partial charge in [0.05, 0.1) is 12.9 Å². The van der Waals surface area contributed by atoms with Gasteiger partial charge in [0.15, 0.2) is 0 Å². The molecule has 2 N–H and O–H groups in total. The molecule has 0 aliphatic rings. The highest BCUT2D eigenvalue weighted by Crippen LogP contribution is 2.11. The Kier molecular flexibility index (Phi) is 3.10. The fraction of sp³-hybridized carbons (Fsp3) is 0.429. The number of furan rings is 1. The first kappa shape index (κ1) is 8.26. The third-order valence-electron chi connectivity index (χ3n) is 1.35. The molecule has 0 atom stereocenters. The van der Waals surface area contributed by atoms with Crippen molar-refractivity contribution in [3.63, 3.8) is 0 Å². The molecule has 0 amide bonds. The van der Waals surface area contributed by atoms with E-state index in [9.17, 15) is 0 Å². The monoisotopic (exact) mass is 157 g/mol. The van der Waals surface area contributed by atoms with Crippen LogP contribution in [0.4, 0.5) is 0 Å². The summed E-state index contributed by atoms with van der Waals surface area (Å²) in [6, 6.07) is 1.83. The van der Waals surface area contributed by atoms with Gasteiger partial charge in [-0.15, -0.1) is 0 Å². The number of nitrogens with two attached hydrogens (primary N) is 1. The second-order valence-electron chi connectivity index (χ2n) is 2.11. The Morgan fingerprint density at radius 2 is 2.36 bits per heavy atom. The maximum atomic E-state index is 5.07. The van der Waals surface area contributed by atoms with Crippen LogP contribution in [0.25, 0.3) is 0 Å². The summed E-state index contributed by atoms with van der Waals surface area (Å²) in [5, 5.41) is 0. The minimum Gasteiger partial charge on any atom is -0.466 e. The van der Waals surface area contributed by atoms with E-state index in [4.69, 9.17) is 15.1 Å². The molecule has 0 aliphatic carbocycles. The van der Waals surface area contributed by atoms with E-state index >= 15 is 0 Å². The summed E-state index contributed by atoms with van der Waals surface area (Å²) in [6.45, 7) is 0.806. The van der Waals surface area contributed by atoms with Gasteiger partial charge in [-0.25, -0.2) is 5.90 Å². The first-order chi connectivity index (χ1) is 5.38. The minimum atomic E-state index is 0.283. The molecule has 1 aromatic rings. The molecule has 1 rings (SSSR count). The number of methoxy groups -OCH3 is 1. The first-order valence-electron chi connectivity index (χ1n) is 3.24. The van der Waals surface area contributed by atoms with Crippen molar-refractivity contribution in [3.05, 3.63) is 23.7 Å². The van der Waals surface area contributed by atoms with Crippen molar-refractivity contribution < 1.29 is 14.0 Å². The minimum absolute atomic E-state index is 0.283. The van der Waals surface area contributed by atoms with Gasteiger partial charge in [-0.2, -0.15) is 0 Å². The fourth-order valence-corrected chi connectivity index (χ4v) is 0.853. The standard InChI is InChI=1S/C7H11NO3/c1-9-4-6-2-3-10-7(6)5-11-8/h2-3H,4-5,8H2,1H3. The molecular formula is C7H11NO3. The van der Waals surface area contributed by atoms with Crippen LogP contribution in [0, 0.1) is 0 Å². The van der Waals surface area contributed by atoms with E-state index < -0.39 is 0 Å². The second-order valence-corrected chi connectivity index (χ2v) is 2.11. The maximum absolute atomic E-state index is 5.07. The average molecular weight is 157 g/mol. The molecule has 0 aromatic carbocycles. The van der Waals surface area contributed by atoms with Crippen LogP contribution < -0.4 is 5.90 Å². The Labute approximate surface area is 64.8 Å². The molecule has 11 heavy (non-hydrogen) atoms. The van der Waals surface area contributed by atoms with Gasteiger partial charge < -0.3 is 9.15 Å². The van der Waals surface area contributed by atoms with E-state index in [2.05, 4.69) is 4.84 Å². The van der Waals surface area contributed by atoms with Crippen molar-refractivity contribution in [1.82, 2.24) is 0 Å². The molecule has 1 heterocycles. The summed E-state index contributed by atoms with van der Waals surface area (Å²) in [4.78, 5) is 4.42. The zero-order valence-electron chi connectivity index (χ0n) is 6.37. The Hall–Kier alpha value is -0.840. The Morgan fingerprint density at radius 1 is 1.55 bits per heavy atom. The number of hydrogen-bond donors (Lipinski definition) is 1. The van der Waals surface area contributed by atoms with Crippen molar-refractivity contribution in [2.75, 3.05) is 7.11 Å². The fourth-order valence-electron chi connectivity index (χ4n) is 0.853. The topological polar surface area (TPSA) is 57.6 Å². The lowest BCUT2D eigenvalue weighted by atomic mass is 10.3. The predicted molar refractivity (Wildman–Crippen MR) is 38.4 cm³/mol. The van der Waals surface area contributed by atoms with Gasteiger partial charge in [0, 0.05) is 12.7 Å². The zero-order chi connectivity index (χ0) is 8.10. The van der Waals surface area contributed by atoms with E-state index in [1.54, 1.807) is 13.4 Å². The molecule has 0 spiro atoms. The molecule has 0 aliphatic heterocycles. The Bertz CT molecular complexity index is 189. The molecule has 1 aromatic heterocycles. The molecule has 0 unspecified atom stereocenters. The van der Waals surface area contributed by atoms with Gasteiger partial charge in [-0.3, -0.25) is 4.84 Å². The molecule has 4 heteroatoms. The van der Waals surface area contributed by atoms with Crippen LogP contribution >= 0.6 is 0 Å². The maximum Gasteiger partial charge on any atom is 0.137 e. The third kappa shape index (κ3) is 2.04. The summed E-state index contributed by atoms with van der Waals surface area (Å²) in [5.41, 5.74) is 0.970. The van der Waals surface area contributed by atoms with Gasteiger partial charge in [-0.05, 0) is 6.07 Å². The highest BCUT2D eigenvalue weighted by Gasteiger charge is 2.04. The first-order valence-corrected chi connectivity index (χ1v) is 3.24. The van der Waals surface area contributed by atoms with E-state index in [1.165, 1.54) is 0 Å². The van der Waals surface area contributed by atoms with E-state index in [0.29, 0.717) is 12.4 Å². The van der Waals surface area contributed by atoms with E-state index in [-0.39, 0.29) is 6.61 Å². The van der Waals surface area contributed by atoms with Crippen LogP contribution in [0.5, 0.6) is 0 Å². The molecule has 0 radical (unpaired) electrons. The van der Waals surface area contributed by atoms with Crippen LogP contribution in [0.3, 0.4) is 0 Å². The van der Waals surface area contributed by atoms with Crippen molar-refractivity contribution in [2.45, 2.75) is 13.2 Å². The van der Waals surface area contributed by atoms with Gasteiger partial charge in [-0.1, -0.05) is 0 Å². The summed E-state index contributed by atoms with van der Waals surface area (Å²) in [7, 11) is 1.63. The van der Waals surface area contributed by atoms with Crippen molar-refractivity contribution in [1.29, 1.82) is 0 Å². The van der Waals surface area contributed by atoms with Gasteiger partial charge in [0.2, 0.25) is 0 Å². The molecule has 0 fully saturated rings. The van der Waals surface area contributed by atoms with Crippen molar-refractivity contribution >= 4 is 0 Å². The summed E-state index contributed by atoms with van der Waals surface area (Å²) < 4.78 is 9.99. The van der Waals surface area contributed by atoms with Crippen LogP contribution in [-0.2, 0) is 22.8 Å². The smallest absolute Gasteiger partial charge is 0.137 e. The normalized spacial score (nSPS) is 10.4. The molecule has 0 saturated heterocycles. The van der Waals surface area contributed by atoms with Crippen molar-refractivity contribution in [2.24, 2.45) is 5.90 Å². The number of hydrogen-bond acceptors (Lipinski definition) is 4. The summed E-state index contributed by atoms with van der Waals surface area (Å²) >= 11 is 0. The quantitative estimate of drug-likeness (QED) is 0.657. The third-order valence-corrected chi connectivity index (χ3v) is 1.35. The average Bonchev–Trinajstić information content (AvgIpc) is 2.39. The lowest BCUT2D eigenvalue weighted by Crippen LogP contribution is -2.00. The predicted octanol–water partition coefficient (Wildman–Crippen LogP) is 0.816. The van der Waals surface area contributed by atoms with Crippen LogP contribution in [0.2, 0.25) is 0 Å². The summed E-state index contributed by atoms with van der Waals surface area (Å²) in [5.74, 6) is 5.60. The SMILES string of the molecule is COCc1ccoc1CON. The zero-order valence-corrected chi connectivity index (χ0v) is 6.37. The van der Waals surface area contributed by atoms with Gasteiger partial charge >= 0.3 is 0 Å². The highest BCUT2D eigenvalue weighted by atomic mass is 16.6. The molecule has 62 valence electrons. The number of rotatable bonds is 4. The largest absolute Gasteiger partial charge is 0.466 e. The molecule has 0 bridgehead atoms. The van der Waals surface area contributed by atoms with Gasteiger partial charge in [0.25, 0.3) is 0 Å². The number of ether oxygens (including phenoxy) is 1. The van der Waals surface area contributed by atoms with Crippen LogP contribution in [0.15, 0.2) is 16.7 Å². The molecule has 4 nitrogen and oxygen atoms in total. The molecular weight excluding hydrogens is 146 g/mol. The summed E-state index contributed by atoms with van der Waals surface area (Å²) in [6.07, 6.45) is 1.59. The van der Waals surface area contributed by atoms with Crippen LogP contribution in [0.1, 0.15) is 11.3 Å². The van der Waals surface area contributed by atoms with E-state index in [1.807, 2.05) is 6.07 Å². The Balaban J connectivity index is 2.62. The second kappa shape index (κ2) is 4.12. The molecule has 0 saturated carbocycles. The lowest BCUT2D eigenvalue weighted by molar-refractivity contribution is 0.104. The lowest BCUT2D eigenvalue weighted by Gasteiger charge is -1.98. The van der Waals surface area contributed by atoms with Gasteiger partial charge in [0.1, 0.15) is 12.4 Å². The van der Waals surface area contributed by atoms with Crippen LogP contribution in [-0.4, -0.2) is 7.11 Å².